The summed E-state index contributed by atoms with van der Waals surface area (Å²) < 4.78 is 5.27. The minimum Gasteiger partial charge on any atom is -0.497 e. The van der Waals surface area contributed by atoms with Crippen molar-refractivity contribution in [1.82, 2.24) is 9.97 Å². The molecule has 2 N–H and O–H groups in total. The summed E-state index contributed by atoms with van der Waals surface area (Å²) in [7, 11) is 1.64. The largest absolute Gasteiger partial charge is 0.497 e. The Hall–Kier alpha value is -3.15. The molecular formula is C18H18N4O2. The number of nitrogens with one attached hydrogen (secondary N) is 1. The van der Waals surface area contributed by atoms with Crippen molar-refractivity contribution in [2.45, 2.75) is 13.5 Å². The summed E-state index contributed by atoms with van der Waals surface area (Å²) >= 11 is 0. The van der Waals surface area contributed by atoms with Crippen molar-refractivity contribution in [2.75, 3.05) is 12.4 Å². The number of hydrogen-bond donors (Lipinski definition) is 2. The normalized spacial score (nSPS) is 11.5. The zero-order valence-corrected chi connectivity index (χ0v) is 13.5. The number of aromatic nitrogens is 2. The highest BCUT2D eigenvalue weighted by molar-refractivity contribution is 5.98. The van der Waals surface area contributed by atoms with Gasteiger partial charge in [-0.25, -0.2) is 9.97 Å². The second-order valence-corrected chi connectivity index (χ2v) is 5.34. The van der Waals surface area contributed by atoms with Crippen molar-refractivity contribution in [2.24, 2.45) is 5.16 Å². The average molecular weight is 322 g/mol. The molecule has 0 amide bonds. The molecule has 24 heavy (non-hydrogen) atoms. The maximum absolute atomic E-state index is 8.80. The molecule has 0 bridgehead atoms. The van der Waals surface area contributed by atoms with Gasteiger partial charge in [0.15, 0.2) is 0 Å². The summed E-state index contributed by atoms with van der Waals surface area (Å²) in [6, 6.07) is 13.5. The van der Waals surface area contributed by atoms with Crippen LogP contribution in [0.3, 0.4) is 0 Å². The number of anilines is 1. The molecule has 1 heterocycles. The van der Waals surface area contributed by atoms with Crippen LogP contribution in [0.4, 0.5) is 5.82 Å². The molecule has 0 unspecified atom stereocenters. The molecule has 3 rings (SSSR count). The number of benzene rings is 2. The first-order chi connectivity index (χ1) is 11.7. The molecule has 122 valence electrons. The highest BCUT2D eigenvalue weighted by Gasteiger charge is 2.05. The molecule has 0 spiro atoms. The van der Waals surface area contributed by atoms with E-state index in [9.17, 15) is 0 Å². The van der Waals surface area contributed by atoms with Crippen LogP contribution in [0.5, 0.6) is 5.75 Å². The predicted molar refractivity (Wildman–Crippen MR) is 93.9 cm³/mol. The average Bonchev–Trinajstić information content (AvgIpc) is 2.65. The Morgan fingerprint density at radius 2 is 1.96 bits per heavy atom. The smallest absolute Gasteiger partial charge is 0.137 e. The second kappa shape index (κ2) is 6.95. The zero-order chi connectivity index (χ0) is 16.9. The van der Waals surface area contributed by atoms with Crippen LogP contribution in [0.25, 0.3) is 10.9 Å². The lowest BCUT2D eigenvalue weighted by Gasteiger charge is -2.10. The first-order valence-electron chi connectivity index (χ1n) is 7.52. The fraction of sp³-hybridized carbons (Fsp3) is 0.167. The lowest BCUT2D eigenvalue weighted by atomic mass is 10.1. The highest BCUT2D eigenvalue weighted by Crippen LogP contribution is 2.24. The Bertz CT molecular complexity index is 876. The fourth-order valence-corrected chi connectivity index (χ4v) is 2.41. The number of fused-ring (bicyclic) bond motifs is 1. The van der Waals surface area contributed by atoms with Gasteiger partial charge in [0.25, 0.3) is 0 Å². The number of oxime groups is 1. The SMILES string of the molecule is COc1ccc2ncnc(NCc3ccc(C(C)=NO)cc3)c2c1. The van der Waals surface area contributed by atoms with Crippen molar-refractivity contribution < 1.29 is 9.94 Å². The van der Waals surface area contributed by atoms with Gasteiger partial charge in [-0.3, -0.25) is 0 Å². The summed E-state index contributed by atoms with van der Waals surface area (Å²) in [6.45, 7) is 2.38. The fourth-order valence-electron chi connectivity index (χ4n) is 2.41. The van der Waals surface area contributed by atoms with Crippen LogP contribution in [-0.4, -0.2) is 28.0 Å². The zero-order valence-electron chi connectivity index (χ0n) is 13.5. The van der Waals surface area contributed by atoms with E-state index < -0.39 is 0 Å². The molecule has 0 radical (unpaired) electrons. The number of nitrogens with zero attached hydrogens (tertiary/aromatic N) is 3. The maximum Gasteiger partial charge on any atom is 0.137 e. The summed E-state index contributed by atoms with van der Waals surface area (Å²) in [5.74, 6) is 1.53. The molecule has 0 saturated heterocycles. The minimum atomic E-state index is 0.586. The molecule has 0 saturated carbocycles. The summed E-state index contributed by atoms with van der Waals surface area (Å²) in [5, 5.41) is 16.3. The topological polar surface area (TPSA) is 79.6 Å². The van der Waals surface area contributed by atoms with E-state index in [-0.39, 0.29) is 0 Å². The molecule has 0 fully saturated rings. The number of methoxy groups -OCH3 is 1. The van der Waals surface area contributed by atoms with E-state index in [4.69, 9.17) is 9.94 Å². The van der Waals surface area contributed by atoms with Crippen LogP contribution >= 0.6 is 0 Å². The van der Waals surface area contributed by atoms with Crippen LogP contribution in [-0.2, 0) is 6.54 Å². The van der Waals surface area contributed by atoms with Gasteiger partial charge < -0.3 is 15.3 Å². The summed E-state index contributed by atoms with van der Waals surface area (Å²) in [4.78, 5) is 8.60. The lowest BCUT2D eigenvalue weighted by molar-refractivity contribution is 0.319. The van der Waals surface area contributed by atoms with Gasteiger partial charge in [0, 0.05) is 11.9 Å². The predicted octanol–water partition coefficient (Wildman–Crippen LogP) is 3.45. The van der Waals surface area contributed by atoms with Crippen molar-refractivity contribution in [3.8, 4) is 5.75 Å². The van der Waals surface area contributed by atoms with Gasteiger partial charge in [-0.05, 0) is 36.2 Å². The van der Waals surface area contributed by atoms with Crippen molar-refractivity contribution in [1.29, 1.82) is 0 Å². The number of hydrogen-bond acceptors (Lipinski definition) is 6. The van der Waals surface area contributed by atoms with Gasteiger partial charge in [0.05, 0.1) is 18.3 Å². The lowest BCUT2D eigenvalue weighted by Crippen LogP contribution is -2.03. The van der Waals surface area contributed by atoms with Crippen molar-refractivity contribution in [3.05, 3.63) is 59.9 Å². The standard InChI is InChI=1S/C18H18N4O2/c1-12(22-23)14-5-3-13(4-6-14)10-19-18-16-9-15(24-2)7-8-17(16)20-11-21-18/h3-9,11,23H,10H2,1-2H3,(H,19,20,21). The van der Waals surface area contributed by atoms with E-state index in [0.717, 1.165) is 33.6 Å². The van der Waals surface area contributed by atoms with Crippen LogP contribution in [0.15, 0.2) is 53.9 Å². The minimum absolute atomic E-state index is 0.586. The first kappa shape index (κ1) is 15.7. The molecule has 0 aliphatic carbocycles. The van der Waals surface area contributed by atoms with Crippen LogP contribution in [0, 0.1) is 0 Å². The molecule has 0 atom stereocenters. The molecule has 3 aromatic rings. The Morgan fingerprint density at radius 1 is 1.17 bits per heavy atom. The van der Waals surface area contributed by atoms with Crippen LogP contribution in [0.2, 0.25) is 0 Å². The molecular weight excluding hydrogens is 304 g/mol. The van der Waals surface area contributed by atoms with E-state index in [1.165, 1.54) is 0 Å². The van der Waals surface area contributed by atoms with Crippen molar-refractivity contribution >= 4 is 22.4 Å². The monoisotopic (exact) mass is 322 g/mol. The van der Waals surface area contributed by atoms with E-state index in [2.05, 4.69) is 20.4 Å². The van der Waals surface area contributed by atoms with Gasteiger partial charge >= 0.3 is 0 Å². The van der Waals surface area contributed by atoms with E-state index in [1.54, 1.807) is 20.4 Å². The first-order valence-corrected chi connectivity index (χ1v) is 7.52. The van der Waals surface area contributed by atoms with Gasteiger partial charge in [0.1, 0.15) is 17.9 Å². The van der Waals surface area contributed by atoms with Crippen molar-refractivity contribution in [3.63, 3.8) is 0 Å². The third-order valence-electron chi connectivity index (χ3n) is 3.82. The highest BCUT2D eigenvalue weighted by atomic mass is 16.5. The third-order valence-corrected chi connectivity index (χ3v) is 3.82. The molecule has 0 aliphatic heterocycles. The van der Waals surface area contributed by atoms with Crippen LogP contribution < -0.4 is 10.1 Å². The number of ether oxygens (including phenoxy) is 1. The van der Waals surface area contributed by atoms with Gasteiger partial charge in [-0.1, -0.05) is 29.4 Å². The molecule has 6 heteroatoms. The molecule has 6 nitrogen and oxygen atoms in total. The molecule has 0 aliphatic rings. The quantitative estimate of drug-likeness (QED) is 0.427. The van der Waals surface area contributed by atoms with Gasteiger partial charge in [-0.2, -0.15) is 0 Å². The molecule has 2 aromatic carbocycles. The Kier molecular flexibility index (Phi) is 4.56. The summed E-state index contributed by atoms with van der Waals surface area (Å²) in [5.41, 5.74) is 3.43. The third kappa shape index (κ3) is 3.27. The summed E-state index contributed by atoms with van der Waals surface area (Å²) in [6.07, 6.45) is 1.54. The maximum atomic E-state index is 8.80. The Labute approximate surface area is 139 Å². The van der Waals surface area contributed by atoms with E-state index in [1.807, 2.05) is 42.5 Å². The van der Waals surface area contributed by atoms with Gasteiger partial charge in [-0.15, -0.1) is 0 Å². The second-order valence-electron chi connectivity index (χ2n) is 5.34. The van der Waals surface area contributed by atoms with E-state index >= 15 is 0 Å². The van der Waals surface area contributed by atoms with Crippen LogP contribution in [0.1, 0.15) is 18.1 Å². The molecule has 1 aromatic heterocycles. The Morgan fingerprint density at radius 3 is 2.67 bits per heavy atom. The number of rotatable bonds is 5. The van der Waals surface area contributed by atoms with Gasteiger partial charge in [0.2, 0.25) is 0 Å². The van der Waals surface area contributed by atoms with E-state index in [0.29, 0.717) is 12.3 Å². The Balaban J connectivity index is 1.80.